The normalized spacial score (nSPS) is 27.6. The van der Waals surface area contributed by atoms with Crippen LogP contribution in [0.3, 0.4) is 0 Å². The largest absolute Gasteiger partial charge is 0.383 e. The molecule has 2 aliphatic heterocycles. The fraction of sp³-hybridized carbons (Fsp3) is 0.611. The molecular weight excluding hydrogens is 292 g/mol. The molecule has 1 amide bonds. The molecule has 2 aliphatic rings. The summed E-state index contributed by atoms with van der Waals surface area (Å²) in [6.07, 6.45) is 1.85. The van der Waals surface area contributed by atoms with Gasteiger partial charge in [-0.05, 0) is 30.9 Å². The first-order valence-corrected chi connectivity index (χ1v) is 8.44. The van der Waals surface area contributed by atoms with Crippen LogP contribution in [0.2, 0.25) is 0 Å². The van der Waals surface area contributed by atoms with Crippen molar-refractivity contribution < 1.29 is 14.3 Å². The summed E-state index contributed by atoms with van der Waals surface area (Å²) >= 11 is 0. The van der Waals surface area contributed by atoms with Gasteiger partial charge >= 0.3 is 0 Å². The maximum Gasteiger partial charge on any atom is 0.249 e. The predicted octanol–water partition coefficient (Wildman–Crippen LogP) is 1.43. The van der Waals surface area contributed by atoms with Crippen molar-refractivity contribution in [2.24, 2.45) is 5.92 Å². The fourth-order valence-electron chi connectivity index (χ4n) is 3.54. The van der Waals surface area contributed by atoms with Crippen molar-refractivity contribution >= 4 is 5.91 Å². The molecule has 126 valence electrons. The van der Waals surface area contributed by atoms with Gasteiger partial charge in [0.2, 0.25) is 5.91 Å². The van der Waals surface area contributed by atoms with E-state index in [0.29, 0.717) is 19.1 Å². The van der Waals surface area contributed by atoms with Crippen LogP contribution >= 0.6 is 0 Å². The van der Waals surface area contributed by atoms with Gasteiger partial charge in [0.25, 0.3) is 0 Å². The zero-order valence-electron chi connectivity index (χ0n) is 13.7. The van der Waals surface area contributed by atoms with E-state index in [0.717, 1.165) is 32.5 Å². The molecule has 5 heteroatoms. The van der Waals surface area contributed by atoms with Crippen LogP contribution in [-0.2, 0) is 20.8 Å². The molecule has 1 aromatic carbocycles. The Balaban J connectivity index is 1.48. The number of piperidine rings is 1. The number of hydrogen-bond donors (Lipinski definition) is 1. The van der Waals surface area contributed by atoms with E-state index >= 15 is 0 Å². The number of hydrogen-bond acceptors (Lipinski definition) is 4. The van der Waals surface area contributed by atoms with Crippen molar-refractivity contribution in [3.8, 4) is 0 Å². The van der Waals surface area contributed by atoms with Crippen molar-refractivity contribution in [2.45, 2.75) is 31.6 Å². The molecule has 2 heterocycles. The quantitative estimate of drug-likeness (QED) is 0.806. The Morgan fingerprint density at radius 3 is 3.00 bits per heavy atom. The van der Waals surface area contributed by atoms with Crippen molar-refractivity contribution in [3.05, 3.63) is 35.9 Å². The molecule has 0 aromatic heterocycles. The van der Waals surface area contributed by atoms with Gasteiger partial charge in [-0.25, -0.2) is 0 Å². The number of carbonyl (C=O) groups excluding carboxylic acids is 1. The number of rotatable bonds is 6. The number of nitrogens with one attached hydrogen (secondary N) is 1. The van der Waals surface area contributed by atoms with E-state index in [1.807, 2.05) is 6.07 Å². The van der Waals surface area contributed by atoms with Gasteiger partial charge in [0.1, 0.15) is 6.10 Å². The van der Waals surface area contributed by atoms with Gasteiger partial charge in [0.15, 0.2) is 0 Å². The van der Waals surface area contributed by atoms with Crippen LogP contribution in [0.25, 0.3) is 0 Å². The number of fused-ring (bicyclic) bond motifs is 1. The number of carbonyl (C=O) groups is 1. The summed E-state index contributed by atoms with van der Waals surface area (Å²) in [5.41, 5.74) is 1.33. The first kappa shape index (κ1) is 16.4. The molecule has 1 N–H and O–H groups in total. The zero-order valence-corrected chi connectivity index (χ0v) is 13.7. The molecule has 23 heavy (non-hydrogen) atoms. The van der Waals surface area contributed by atoms with Gasteiger partial charge in [0.05, 0.1) is 12.7 Å². The summed E-state index contributed by atoms with van der Waals surface area (Å²) in [6, 6.07) is 10.5. The predicted molar refractivity (Wildman–Crippen MR) is 88.0 cm³/mol. The highest BCUT2D eigenvalue weighted by molar-refractivity contribution is 5.81. The zero-order chi connectivity index (χ0) is 16.1. The lowest BCUT2D eigenvalue weighted by Crippen LogP contribution is -2.42. The van der Waals surface area contributed by atoms with Crippen molar-refractivity contribution in [1.29, 1.82) is 0 Å². The van der Waals surface area contributed by atoms with Crippen molar-refractivity contribution in [2.75, 3.05) is 33.4 Å². The van der Waals surface area contributed by atoms with E-state index in [9.17, 15) is 4.79 Å². The van der Waals surface area contributed by atoms with Crippen LogP contribution in [0, 0.1) is 5.92 Å². The molecule has 3 atom stereocenters. The number of ether oxygens (including phenoxy) is 2. The maximum absolute atomic E-state index is 12.1. The van der Waals surface area contributed by atoms with E-state index in [4.69, 9.17) is 9.47 Å². The molecule has 2 saturated heterocycles. The van der Waals surface area contributed by atoms with E-state index < -0.39 is 0 Å². The third kappa shape index (κ3) is 4.31. The first-order chi connectivity index (χ1) is 11.3. The van der Waals surface area contributed by atoms with Crippen LogP contribution in [-0.4, -0.2) is 56.4 Å². The number of nitrogens with zero attached hydrogens (tertiary/aromatic N) is 1. The van der Waals surface area contributed by atoms with Crippen LogP contribution in [0.5, 0.6) is 0 Å². The van der Waals surface area contributed by atoms with Gasteiger partial charge < -0.3 is 14.8 Å². The minimum atomic E-state index is -0.293. The van der Waals surface area contributed by atoms with Crippen molar-refractivity contribution in [1.82, 2.24) is 10.2 Å². The second-order valence-corrected chi connectivity index (χ2v) is 6.45. The van der Waals surface area contributed by atoms with Crippen LogP contribution in [0.4, 0.5) is 0 Å². The second kappa shape index (κ2) is 7.90. The molecule has 0 saturated carbocycles. The Morgan fingerprint density at radius 2 is 2.22 bits per heavy atom. The van der Waals surface area contributed by atoms with Gasteiger partial charge in [-0.15, -0.1) is 0 Å². The number of benzene rings is 1. The van der Waals surface area contributed by atoms with E-state index in [2.05, 4.69) is 34.5 Å². The number of methoxy groups -OCH3 is 1. The summed E-state index contributed by atoms with van der Waals surface area (Å²) in [6.45, 7) is 4.04. The molecule has 1 aromatic rings. The smallest absolute Gasteiger partial charge is 0.249 e. The van der Waals surface area contributed by atoms with E-state index in [-0.39, 0.29) is 18.1 Å². The Morgan fingerprint density at radius 1 is 1.39 bits per heavy atom. The Bertz CT molecular complexity index is 508. The molecule has 0 unspecified atom stereocenters. The average Bonchev–Trinajstić information content (AvgIpc) is 2.99. The van der Waals surface area contributed by atoms with Gasteiger partial charge in [-0.2, -0.15) is 0 Å². The SMILES string of the molecule is COCCNC(=O)[C@H]1C[C@@H]2CCN(Cc3ccccc3)C[C@@H]2O1. The molecule has 5 nitrogen and oxygen atoms in total. The molecule has 3 rings (SSSR count). The number of likely N-dealkylation sites (tertiary alicyclic amines) is 1. The van der Waals surface area contributed by atoms with Gasteiger partial charge in [-0.1, -0.05) is 30.3 Å². The van der Waals surface area contributed by atoms with Crippen molar-refractivity contribution in [3.63, 3.8) is 0 Å². The van der Waals surface area contributed by atoms with E-state index in [1.54, 1.807) is 7.11 Å². The molecule has 0 radical (unpaired) electrons. The monoisotopic (exact) mass is 318 g/mol. The highest BCUT2D eigenvalue weighted by Gasteiger charge is 2.41. The molecule has 2 fully saturated rings. The molecular formula is C18H26N2O3. The minimum Gasteiger partial charge on any atom is -0.383 e. The topological polar surface area (TPSA) is 50.8 Å². The van der Waals surface area contributed by atoms with Gasteiger partial charge in [-0.3, -0.25) is 9.69 Å². The second-order valence-electron chi connectivity index (χ2n) is 6.45. The third-order valence-electron chi connectivity index (χ3n) is 4.78. The van der Waals surface area contributed by atoms with Gasteiger partial charge in [0, 0.05) is 26.7 Å². The average molecular weight is 318 g/mol. The summed E-state index contributed by atoms with van der Waals surface area (Å²) < 4.78 is 11.0. The Kier molecular flexibility index (Phi) is 5.65. The van der Waals surface area contributed by atoms with Crippen LogP contribution < -0.4 is 5.32 Å². The highest BCUT2D eigenvalue weighted by atomic mass is 16.5. The molecule has 0 aliphatic carbocycles. The van der Waals surface area contributed by atoms with Crippen LogP contribution in [0.1, 0.15) is 18.4 Å². The Hall–Kier alpha value is -1.43. The Labute approximate surface area is 137 Å². The lowest BCUT2D eigenvalue weighted by Gasteiger charge is -2.34. The molecule has 0 bridgehead atoms. The summed E-state index contributed by atoms with van der Waals surface area (Å²) in [7, 11) is 1.63. The third-order valence-corrected chi connectivity index (χ3v) is 4.78. The van der Waals surface area contributed by atoms with E-state index in [1.165, 1.54) is 5.56 Å². The summed E-state index contributed by atoms with van der Waals surface area (Å²) in [5.74, 6) is 0.520. The lowest BCUT2D eigenvalue weighted by atomic mass is 9.91. The summed E-state index contributed by atoms with van der Waals surface area (Å²) in [5, 5.41) is 2.88. The highest BCUT2D eigenvalue weighted by Crippen LogP contribution is 2.33. The standard InChI is InChI=1S/C18H26N2O3/c1-22-10-8-19-18(21)16-11-15-7-9-20(13-17(15)23-16)12-14-5-3-2-4-6-14/h2-6,15-17H,7-13H2,1H3,(H,19,21)/t15-,16+,17-/m0/s1. The summed E-state index contributed by atoms with van der Waals surface area (Å²) in [4.78, 5) is 14.6. The fourth-order valence-corrected chi connectivity index (χ4v) is 3.54. The first-order valence-electron chi connectivity index (χ1n) is 8.44. The minimum absolute atomic E-state index is 0.00561. The lowest BCUT2D eigenvalue weighted by molar-refractivity contribution is -0.133. The maximum atomic E-state index is 12.1. The number of amides is 1. The van der Waals surface area contributed by atoms with Crippen LogP contribution in [0.15, 0.2) is 30.3 Å². The molecule has 0 spiro atoms.